The lowest BCUT2D eigenvalue weighted by Gasteiger charge is -2.18. The van der Waals surface area contributed by atoms with Crippen molar-refractivity contribution >= 4 is 55.8 Å². The number of halogens is 2. The molecule has 1 nitrogen and oxygen atoms in total. The van der Waals surface area contributed by atoms with Gasteiger partial charge in [-0.2, -0.15) is 0 Å². The summed E-state index contributed by atoms with van der Waals surface area (Å²) in [6.07, 6.45) is 0. The zero-order valence-electron chi connectivity index (χ0n) is 17.4. The molecule has 32 heavy (non-hydrogen) atoms. The lowest BCUT2D eigenvalue weighted by molar-refractivity contribution is 1.02. The minimum Gasteiger partial charge on any atom is -0.343 e. The zero-order valence-corrected chi connectivity index (χ0v) is 19.0. The number of aryl methyl sites for hydroxylation is 1. The van der Waals surface area contributed by atoms with Crippen molar-refractivity contribution in [3.8, 4) is 22.3 Å². The number of hydrogen-bond acceptors (Lipinski definition) is 0. The minimum absolute atomic E-state index is 0.733. The summed E-state index contributed by atoms with van der Waals surface area (Å²) in [6.45, 7) is 0. The number of para-hydroxylation sites is 1. The Kier molecular flexibility index (Phi) is 4.50. The van der Waals surface area contributed by atoms with E-state index in [1.807, 2.05) is 24.3 Å². The maximum atomic E-state index is 6.27. The Morgan fingerprint density at radius 3 is 1.66 bits per heavy atom. The molecule has 0 aliphatic heterocycles. The van der Waals surface area contributed by atoms with Gasteiger partial charge in [-0.15, -0.1) is 0 Å². The van der Waals surface area contributed by atoms with Gasteiger partial charge in [0, 0.05) is 44.3 Å². The van der Waals surface area contributed by atoms with Crippen LogP contribution in [0.4, 0.5) is 0 Å². The summed E-state index contributed by atoms with van der Waals surface area (Å²) in [4.78, 5) is 0. The highest BCUT2D eigenvalue weighted by atomic mass is 35.5. The number of aromatic nitrogens is 1. The van der Waals surface area contributed by atoms with Crippen LogP contribution in [0.2, 0.25) is 10.0 Å². The molecule has 5 aromatic carbocycles. The predicted molar refractivity (Wildman–Crippen MR) is 139 cm³/mol. The van der Waals surface area contributed by atoms with Crippen molar-refractivity contribution in [2.24, 2.45) is 7.05 Å². The Hall–Kier alpha value is -3.26. The lowest BCUT2D eigenvalue weighted by Crippen LogP contribution is -1.93. The Morgan fingerprint density at radius 2 is 1.03 bits per heavy atom. The molecule has 154 valence electrons. The highest BCUT2D eigenvalue weighted by Crippen LogP contribution is 2.47. The van der Waals surface area contributed by atoms with Crippen LogP contribution in [0.15, 0.2) is 97.1 Å². The quantitative estimate of drug-likeness (QED) is 0.247. The fraction of sp³-hybridized carbons (Fsp3) is 0.0345. The van der Waals surface area contributed by atoms with E-state index in [1.165, 1.54) is 43.7 Å². The second-order valence-corrected chi connectivity index (χ2v) is 8.98. The summed E-state index contributed by atoms with van der Waals surface area (Å²) >= 11 is 12.5. The van der Waals surface area contributed by atoms with Gasteiger partial charge >= 0.3 is 0 Å². The van der Waals surface area contributed by atoms with Crippen LogP contribution in [0.5, 0.6) is 0 Å². The largest absolute Gasteiger partial charge is 0.343 e. The molecule has 0 bridgehead atoms. The molecule has 0 amide bonds. The third-order valence-electron chi connectivity index (χ3n) is 6.32. The summed E-state index contributed by atoms with van der Waals surface area (Å²) < 4.78 is 2.32. The van der Waals surface area contributed by atoms with Crippen LogP contribution in [-0.4, -0.2) is 4.57 Å². The number of benzene rings is 5. The van der Waals surface area contributed by atoms with Crippen molar-refractivity contribution in [2.75, 3.05) is 0 Å². The van der Waals surface area contributed by atoms with E-state index < -0.39 is 0 Å². The average molecular weight is 452 g/mol. The van der Waals surface area contributed by atoms with Crippen LogP contribution in [-0.2, 0) is 7.05 Å². The fourth-order valence-corrected chi connectivity index (χ4v) is 5.20. The Morgan fingerprint density at radius 1 is 0.531 bits per heavy atom. The highest BCUT2D eigenvalue weighted by Gasteiger charge is 2.22. The van der Waals surface area contributed by atoms with E-state index in [0.29, 0.717) is 0 Å². The third-order valence-corrected chi connectivity index (χ3v) is 6.83. The molecule has 0 atom stereocenters. The van der Waals surface area contributed by atoms with Crippen LogP contribution in [0, 0.1) is 0 Å². The van der Waals surface area contributed by atoms with E-state index in [9.17, 15) is 0 Å². The van der Waals surface area contributed by atoms with Gasteiger partial charge in [-0.05, 0) is 52.4 Å². The summed E-state index contributed by atoms with van der Waals surface area (Å²) in [5.41, 5.74) is 7.18. The number of rotatable bonds is 2. The Balaban J connectivity index is 1.93. The van der Waals surface area contributed by atoms with Crippen LogP contribution < -0.4 is 0 Å². The molecule has 0 spiro atoms. The second kappa shape index (κ2) is 7.41. The third kappa shape index (κ3) is 2.86. The van der Waals surface area contributed by atoms with Gasteiger partial charge in [-0.1, -0.05) is 89.9 Å². The van der Waals surface area contributed by atoms with Crippen molar-refractivity contribution in [1.29, 1.82) is 0 Å². The summed E-state index contributed by atoms with van der Waals surface area (Å²) in [5, 5.41) is 6.43. The molecule has 3 heteroatoms. The first-order valence-electron chi connectivity index (χ1n) is 10.6. The maximum absolute atomic E-state index is 6.27. The monoisotopic (exact) mass is 451 g/mol. The number of hydrogen-bond donors (Lipinski definition) is 0. The average Bonchev–Trinajstić information content (AvgIpc) is 3.12. The van der Waals surface area contributed by atoms with E-state index in [0.717, 1.165) is 21.2 Å². The fourth-order valence-electron chi connectivity index (χ4n) is 4.95. The van der Waals surface area contributed by atoms with Crippen molar-refractivity contribution < 1.29 is 0 Å². The molecule has 0 aliphatic rings. The standard InChI is InChI=1S/C29H19Cl2N/c1-32-25-9-5-4-8-24(25)28-27(19-12-16-21(31)17-13-19)26(18-10-14-20(30)15-11-18)22-6-2-3-7-23(22)29(28)32/h2-17H,1H3. The molecule has 0 saturated carbocycles. The topological polar surface area (TPSA) is 4.93 Å². The molecular formula is C29H19Cl2N. The summed E-state index contributed by atoms with van der Waals surface area (Å²) in [5.74, 6) is 0. The first-order valence-corrected chi connectivity index (χ1v) is 11.3. The Bertz CT molecular complexity index is 1630. The molecular weight excluding hydrogens is 433 g/mol. The van der Waals surface area contributed by atoms with Crippen LogP contribution in [0.3, 0.4) is 0 Å². The summed E-state index contributed by atoms with van der Waals surface area (Å²) in [7, 11) is 2.16. The van der Waals surface area contributed by atoms with Gasteiger partial charge in [-0.25, -0.2) is 0 Å². The van der Waals surface area contributed by atoms with Crippen LogP contribution in [0.1, 0.15) is 0 Å². The molecule has 0 fully saturated rings. The molecule has 6 aromatic rings. The SMILES string of the molecule is Cn1c2ccccc2c2c(-c3ccc(Cl)cc3)c(-c3ccc(Cl)cc3)c3ccccc3c21. The molecule has 0 N–H and O–H groups in total. The van der Waals surface area contributed by atoms with E-state index in [1.54, 1.807) is 0 Å². The lowest BCUT2D eigenvalue weighted by atomic mass is 9.86. The van der Waals surface area contributed by atoms with E-state index in [-0.39, 0.29) is 0 Å². The maximum Gasteiger partial charge on any atom is 0.0575 e. The van der Waals surface area contributed by atoms with E-state index >= 15 is 0 Å². The molecule has 6 rings (SSSR count). The number of fused-ring (bicyclic) bond motifs is 5. The highest BCUT2D eigenvalue weighted by molar-refractivity contribution is 6.32. The van der Waals surface area contributed by atoms with Crippen molar-refractivity contribution in [3.05, 3.63) is 107 Å². The number of nitrogens with zero attached hydrogens (tertiary/aromatic N) is 1. The van der Waals surface area contributed by atoms with Gasteiger partial charge in [0.25, 0.3) is 0 Å². The second-order valence-electron chi connectivity index (χ2n) is 8.11. The van der Waals surface area contributed by atoms with Crippen molar-refractivity contribution in [2.45, 2.75) is 0 Å². The molecule has 0 unspecified atom stereocenters. The van der Waals surface area contributed by atoms with Crippen molar-refractivity contribution in [1.82, 2.24) is 4.57 Å². The van der Waals surface area contributed by atoms with Crippen LogP contribution >= 0.6 is 23.2 Å². The molecule has 0 saturated heterocycles. The first-order chi connectivity index (χ1) is 15.6. The minimum atomic E-state index is 0.733. The molecule has 1 heterocycles. The Labute approximate surface area is 196 Å². The van der Waals surface area contributed by atoms with Gasteiger partial charge in [0.05, 0.1) is 5.52 Å². The van der Waals surface area contributed by atoms with Crippen molar-refractivity contribution in [3.63, 3.8) is 0 Å². The molecule has 0 radical (unpaired) electrons. The normalized spacial score (nSPS) is 11.6. The smallest absolute Gasteiger partial charge is 0.0575 e. The predicted octanol–water partition coefficient (Wildman–Crippen LogP) is 9.13. The van der Waals surface area contributed by atoms with E-state index in [4.69, 9.17) is 23.2 Å². The van der Waals surface area contributed by atoms with Gasteiger partial charge in [0.1, 0.15) is 0 Å². The van der Waals surface area contributed by atoms with Crippen LogP contribution in [0.25, 0.3) is 54.8 Å². The molecule has 0 aliphatic carbocycles. The summed E-state index contributed by atoms with van der Waals surface area (Å²) in [6, 6.07) is 33.6. The zero-order chi connectivity index (χ0) is 21.8. The van der Waals surface area contributed by atoms with Gasteiger partial charge < -0.3 is 4.57 Å². The van der Waals surface area contributed by atoms with Gasteiger partial charge in [0.2, 0.25) is 0 Å². The van der Waals surface area contributed by atoms with E-state index in [2.05, 4.69) is 84.4 Å². The first kappa shape index (κ1) is 19.4. The van der Waals surface area contributed by atoms with Gasteiger partial charge in [-0.3, -0.25) is 0 Å². The van der Waals surface area contributed by atoms with Gasteiger partial charge in [0.15, 0.2) is 0 Å². The molecule has 1 aromatic heterocycles.